The number of nitrogens with one attached hydrogen (secondary N) is 1. The zero-order valence-electron chi connectivity index (χ0n) is 18.1. The Balaban J connectivity index is 1.40. The molecule has 0 aliphatic carbocycles. The van der Waals surface area contributed by atoms with Crippen LogP contribution in [-0.2, 0) is 0 Å². The molecule has 1 aliphatic heterocycles. The Kier molecular flexibility index (Phi) is 5.91. The molecule has 0 bridgehead atoms. The predicted molar refractivity (Wildman–Crippen MR) is 124 cm³/mol. The summed E-state index contributed by atoms with van der Waals surface area (Å²) in [7, 11) is 2.17. The SMILES string of the molecule is Cc1cc(C(=O)CNc2ccc(N3CCN(C)CC3)cc2)c(C)n1-c1ccccc1. The number of hydrogen-bond donors (Lipinski definition) is 1. The van der Waals surface area contributed by atoms with E-state index in [1.165, 1.54) is 5.69 Å². The molecule has 5 heteroatoms. The second-order valence-corrected chi connectivity index (χ2v) is 8.07. The van der Waals surface area contributed by atoms with Crippen LogP contribution in [0.3, 0.4) is 0 Å². The van der Waals surface area contributed by atoms with E-state index in [2.05, 4.69) is 63.1 Å². The average Bonchev–Trinajstić information content (AvgIpc) is 3.07. The fourth-order valence-corrected chi connectivity index (χ4v) is 4.15. The molecule has 5 nitrogen and oxygen atoms in total. The molecule has 30 heavy (non-hydrogen) atoms. The first kappa shape index (κ1) is 20.2. The fraction of sp³-hybridized carbons (Fsp3) is 0.320. The van der Waals surface area contributed by atoms with Crippen LogP contribution in [-0.4, -0.2) is 55.0 Å². The highest BCUT2D eigenvalue weighted by Gasteiger charge is 2.17. The van der Waals surface area contributed by atoms with E-state index in [4.69, 9.17) is 0 Å². The number of para-hydroxylation sites is 1. The Labute approximate surface area is 178 Å². The van der Waals surface area contributed by atoms with Crippen molar-refractivity contribution in [3.63, 3.8) is 0 Å². The van der Waals surface area contributed by atoms with Gasteiger partial charge >= 0.3 is 0 Å². The van der Waals surface area contributed by atoms with E-state index in [9.17, 15) is 4.79 Å². The molecule has 0 saturated carbocycles. The van der Waals surface area contributed by atoms with E-state index >= 15 is 0 Å². The Hall–Kier alpha value is -3.05. The normalized spacial score (nSPS) is 14.7. The minimum Gasteiger partial charge on any atom is -0.378 e. The number of ketones is 1. The maximum absolute atomic E-state index is 12.9. The molecular weight excluding hydrogens is 372 g/mol. The molecule has 0 atom stereocenters. The number of nitrogens with zero attached hydrogens (tertiary/aromatic N) is 3. The van der Waals surface area contributed by atoms with E-state index in [-0.39, 0.29) is 12.3 Å². The molecule has 2 heterocycles. The molecule has 156 valence electrons. The van der Waals surface area contributed by atoms with Crippen molar-refractivity contribution >= 4 is 17.2 Å². The van der Waals surface area contributed by atoms with Crippen molar-refractivity contribution in [2.45, 2.75) is 13.8 Å². The second kappa shape index (κ2) is 8.76. The van der Waals surface area contributed by atoms with Gasteiger partial charge in [0.15, 0.2) is 5.78 Å². The molecule has 2 aromatic carbocycles. The number of carbonyl (C=O) groups is 1. The number of likely N-dealkylation sites (N-methyl/N-ethyl adjacent to an activating group) is 1. The summed E-state index contributed by atoms with van der Waals surface area (Å²) in [4.78, 5) is 17.7. The van der Waals surface area contributed by atoms with Crippen molar-refractivity contribution in [3.05, 3.63) is 77.6 Å². The summed E-state index contributed by atoms with van der Waals surface area (Å²) in [5, 5.41) is 3.29. The summed E-state index contributed by atoms with van der Waals surface area (Å²) in [6, 6.07) is 20.6. The van der Waals surface area contributed by atoms with Crippen molar-refractivity contribution in [1.29, 1.82) is 0 Å². The van der Waals surface area contributed by atoms with Gasteiger partial charge in [-0.1, -0.05) is 18.2 Å². The molecule has 0 spiro atoms. The molecule has 0 unspecified atom stereocenters. The third kappa shape index (κ3) is 4.26. The number of rotatable bonds is 6. The maximum Gasteiger partial charge on any atom is 0.183 e. The van der Waals surface area contributed by atoms with Crippen LogP contribution in [0.25, 0.3) is 5.69 Å². The van der Waals surface area contributed by atoms with Crippen LogP contribution in [0.5, 0.6) is 0 Å². The highest BCUT2D eigenvalue weighted by atomic mass is 16.1. The third-order valence-corrected chi connectivity index (χ3v) is 5.93. The highest BCUT2D eigenvalue weighted by molar-refractivity contribution is 6.00. The number of aromatic nitrogens is 1. The third-order valence-electron chi connectivity index (χ3n) is 5.93. The zero-order chi connectivity index (χ0) is 21.1. The number of Topliss-reactive ketones (excluding diaryl/α,β-unsaturated/α-hetero) is 1. The summed E-state index contributed by atoms with van der Waals surface area (Å²) < 4.78 is 2.14. The molecule has 1 saturated heterocycles. The average molecular weight is 403 g/mol. The van der Waals surface area contributed by atoms with Gasteiger partial charge < -0.3 is 19.7 Å². The quantitative estimate of drug-likeness (QED) is 0.629. The molecule has 1 aliphatic rings. The topological polar surface area (TPSA) is 40.5 Å². The smallest absolute Gasteiger partial charge is 0.183 e. The number of benzene rings is 2. The van der Waals surface area contributed by atoms with Crippen molar-refractivity contribution in [2.24, 2.45) is 0 Å². The first-order valence-electron chi connectivity index (χ1n) is 10.6. The predicted octanol–water partition coefficient (Wildman–Crippen LogP) is 4.14. The van der Waals surface area contributed by atoms with E-state index in [1.54, 1.807) is 0 Å². The van der Waals surface area contributed by atoms with Crippen LogP contribution in [0.1, 0.15) is 21.7 Å². The monoisotopic (exact) mass is 402 g/mol. The lowest BCUT2D eigenvalue weighted by atomic mass is 10.1. The van der Waals surface area contributed by atoms with Crippen LogP contribution in [0, 0.1) is 13.8 Å². The summed E-state index contributed by atoms with van der Waals surface area (Å²) in [5.41, 5.74) is 6.12. The van der Waals surface area contributed by atoms with Gasteiger partial charge in [-0.25, -0.2) is 0 Å². The lowest BCUT2D eigenvalue weighted by Gasteiger charge is -2.34. The molecule has 1 fully saturated rings. The maximum atomic E-state index is 12.9. The van der Waals surface area contributed by atoms with Crippen LogP contribution in [0.15, 0.2) is 60.7 Å². The van der Waals surface area contributed by atoms with E-state index < -0.39 is 0 Å². The van der Waals surface area contributed by atoms with Gasteiger partial charge in [-0.3, -0.25) is 4.79 Å². The molecule has 0 amide bonds. The first-order valence-corrected chi connectivity index (χ1v) is 10.6. The van der Waals surface area contributed by atoms with Crippen LogP contribution in [0.4, 0.5) is 11.4 Å². The van der Waals surface area contributed by atoms with E-state index in [0.29, 0.717) is 0 Å². The number of hydrogen-bond acceptors (Lipinski definition) is 4. The van der Waals surface area contributed by atoms with Crippen LogP contribution >= 0.6 is 0 Å². The Bertz CT molecular complexity index is 1000. The lowest BCUT2D eigenvalue weighted by molar-refractivity contribution is 0.101. The van der Waals surface area contributed by atoms with Crippen molar-refractivity contribution in [3.8, 4) is 5.69 Å². The molecule has 4 rings (SSSR count). The molecular formula is C25H30N4O. The number of piperazine rings is 1. The van der Waals surface area contributed by atoms with Crippen molar-refractivity contribution < 1.29 is 4.79 Å². The van der Waals surface area contributed by atoms with Gasteiger partial charge in [0.2, 0.25) is 0 Å². The van der Waals surface area contributed by atoms with Gasteiger partial charge in [-0.15, -0.1) is 0 Å². The Morgan fingerprint density at radius 3 is 2.23 bits per heavy atom. The lowest BCUT2D eigenvalue weighted by Crippen LogP contribution is -2.44. The first-order chi connectivity index (χ1) is 14.5. The van der Waals surface area contributed by atoms with Gasteiger partial charge in [0, 0.05) is 60.2 Å². The molecule has 1 aromatic heterocycles. The van der Waals surface area contributed by atoms with Gasteiger partial charge in [0.05, 0.1) is 6.54 Å². The summed E-state index contributed by atoms with van der Waals surface area (Å²) in [5.74, 6) is 0.105. The largest absolute Gasteiger partial charge is 0.378 e. The van der Waals surface area contributed by atoms with E-state index in [0.717, 1.165) is 54.5 Å². The minimum absolute atomic E-state index is 0.105. The fourth-order valence-electron chi connectivity index (χ4n) is 4.15. The summed E-state index contributed by atoms with van der Waals surface area (Å²) in [6.45, 7) is 8.63. The summed E-state index contributed by atoms with van der Waals surface area (Å²) in [6.07, 6.45) is 0. The minimum atomic E-state index is 0.105. The molecule has 1 N–H and O–H groups in total. The van der Waals surface area contributed by atoms with Gasteiger partial charge in [0.25, 0.3) is 0 Å². The number of anilines is 2. The number of carbonyl (C=O) groups excluding carboxylic acids is 1. The van der Waals surface area contributed by atoms with Crippen molar-refractivity contribution in [2.75, 3.05) is 50.0 Å². The number of aryl methyl sites for hydroxylation is 1. The molecule has 0 radical (unpaired) electrons. The van der Waals surface area contributed by atoms with Gasteiger partial charge in [-0.05, 0) is 63.4 Å². The van der Waals surface area contributed by atoms with Gasteiger partial charge in [-0.2, -0.15) is 0 Å². The summed E-state index contributed by atoms with van der Waals surface area (Å²) >= 11 is 0. The Morgan fingerprint density at radius 2 is 1.57 bits per heavy atom. The van der Waals surface area contributed by atoms with Crippen LogP contribution < -0.4 is 10.2 Å². The highest BCUT2D eigenvalue weighted by Crippen LogP contribution is 2.22. The second-order valence-electron chi connectivity index (χ2n) is 8.07. The molecule has 3 aromatic rings. The zero-order valence-corrected chi connectivity index (χ0v) is 18.1. The van der Waals surface area contributed by atoms with E-state index in [1.807, 2.05) is 38.1 Å². The van der Waals surface area contributed by atoms with Crippen molar-refractivity contribution in [1.82, 2.24) is 9.47 Å². The van der Waals surface area contributed by atoms with Gasteiger partial charge in [0.1, 0.15) is 0 Å². The standard InChI is InChI=1S/C25H30N4O/c1-19-17-24(20(2)29(19)23-7-5-4-6-8-23)25(30)18-26-21-9-11-22(12-10-21)28-15-13-27(3)14-16-28/h4-12,17,26H,13-16,18H2,1-3H3. The Morgan fingerprint density at radius 1 is 0.900 bits per heavy atom. The van der Waals surface area contributed by atoms with Crippen LogP contribution in [0.2, 0.25) is 0 Å².